The summed E-state index contributed by atoms with van der Waals surface area (Å²) in [6, 6.07) is 18.6. The van der Waals surface area contributed by atoms with Crippen LogP contribution < -0.4 is 0 Å². The van der Waals surface area contributed by atoms with Crippen LogP contribution in [0.1, 0.15) is 36.3 Å². The lowest BCUT2D eigenvalue weighted by atomic mass is 9.79. The van der Waals surface area contributed by atoms with Gasteiger partial charge >= 0.3 is 11.9 Å². The van der Waals surface area contributed by atoms with Crippen LogP contribution in [0.5, 0.6) is 0 Å². The summed E-state index contributed by atoms with van der Waals surface area (Å²) in [5, 5.41) is 9.38. The average molecular weight is 310 g/mol. The van der Waals surface area contributed by atoms with Crippen molar-refractivity contribution < 1.29 is 19.4 Å². The van der Waals surface area contributed by atoms with Gasteiger partial charge in [0.2, 0.25) is 5.60 Å². The lowest BCUT2D eigenvalue weighted by Gasteiger charge is -2.37. The molecule has 0 bridgehead atoms. The van der Waals surface area contributed by atoms with Crippen molar-refractivity contribution in [3.63, 3.8) is 0 Å². The maximum atomic E-state index is 12.8. The normalized spacial score (nSPS) is 15.7. The summed E-state index contributed by atoms with van der Waals surface area (Å²) in [7, 11) is 0. The Bertz CT molecular complexity index is 650. The predicted octanol–water partition coefficient (Wildman–Crippen LogP) is 3.37. The van der Waals surface area contributed by atoms with E-state index in [-0.39, 0.29) is 0 Å². The fourth-order valence-electron chi connectivity index (χ4n) is 2.86. The highest BCUT2D eigenvalue weighted by molar-refractivity contribution is 5.87. The fourth-order valence-corrected chi connectivity index (χ4v) is 2.86. The van der Waals surface area contributed by atoms with Crippen molar-refractivity contribution in [1.82, 2.24) is 0 Å². The molecule has 0 amide bonds. The largest absolute Gasteiger partial charge is 0.478 e. The van der Waals surface area contributed by atoms with E-state index in [0.717, 1.165) is 17.5 Å². The molecular weight excluding hydrogens is 292 g/mol. The van der Waals surface area contributed by atoms with Gasteiger partial charge in [-0.1, -0.05) is 60.7 Å². The first-order chi connectivity index (χ1) is 11.1. The van der Waals surface area contributed by atoms with E-state index in [1.54, 1.807) is 0 Å². The molecule has 1 aliphatic rings. The topological polar surface area (TPSA) is 63.6 Å². The number of carboxylic acids is 1. The summed E-state index contributed by atoms with van der Waals surface area (Å²) in [6.07, 6.45) is 1.52. The molecule has 1 N–H and O–H groups in total. The highest BCUT2D eigenvalue weighted by Gasteiger charge is 2.49. The molecule has 23 heavy (non-hydrogen) atoms. The van der Waals surface area contributed by atoms with Gasteiger partial charge in [0.05, 0.1) is 0 Å². The second-order valence-corrected chi connectivity index (χ2v) is 5.83. The number of esters is 1. The Hall–Kier alpha value is -2.62. The quantitative estimate of drug-likeness (QED) is 0.860. The third-order valence-electron chi connectivity index (χ3n) is 4.35. The molecule has 0 saturated heterocycles. The zero-order valence-electron chi connectivity index (χ0n) is 12.6. The zero-order valence-corrected chi connectivity index (χ0v) is 12.6. The number of carbonyl (C=O) groups is 2. The Morgan fingerprint density at radius 3 is 1.74 bits per heavy atom. The molecule has 0 heterocycles. The first-order valence-electron chi connectivity index (χ1n) is 7.68. The van der Waals surface area contributed by atoms with Gasteiger partial charge < -0.3 is 9.84 Å². The molecule has 1 saturated carbocycles. The summed E-state index contributed by atoms with van der Waals surface area (Å²) in [5.74, 6) is -2.18. The van der Waals surface area contributed by atoms with E-state index in [1.807, 2.05) is 60.7 Å². The molecule has 4 nitrogen and oxygen atoms in total. The summed E-state index contributed by atoms with van der Waals surface area (Å²) < 4.78 is 5.47. The predicted molar refractivity (Wildman–Crippen MR) is 85.0 cm³/mol. The van der Waals surface area contributed by atoms with Gasteiger partial charge in [0, 0.05) is 0 Å². The van der Waals surface area contributed by atoms with Crippen LogP contribution in [0.2, 0.25) is 0 Å². The average Bonchev–Trinajstić information content (AvgIpc) is 2.53. The van der Waals surface area contributed by atoms with Crippen molar-refractivity contribution in [1.29, 1.82) is 0 Å². The van der Waals surface area contributed by atoms with Crippen LogP contribution in [0.25, 0.3) is 0 Å². The van der Waals surface area contributed by atoms with Gasteiger partial charge in [-0.15, -0.1) is 0 Å². The van der Waals surface area contributed by atoms with Crippen molar-refractivity contribution in [2.24, 2.45) is 0 Å². The Balaban J connectivity index is 1.93. The molecule has 0 radical (unpaired) electrons. The van der Waals surface area contributed by atoms with Crippen LogP contribution in [0.3, 0.4) is 0 Å². The molecule has 1 fully saturated rings. The van der Waals surface area contributed by atoms with Crippen LogP contribution >= 0.6 is 0 Å². The molecular formula is C19H18O4. The summed E-state index contributed by atoms with van der Waals surface area (Å²) in [4.78, 5) is 24.2. The lowest BCUT2D eigenvalue weighted by molar-refractivity contribution is -0.189. The van der Waals surface area contributed by atoms with Crippen molar-refractivity contribution in [2.45, 2.75) is 30.8 Å². The molecule has 1 aliphatic carbocycles. The number of benzene rings is 2. The molecule has 0 unspecified atom stereocenters. The number of aliphatic carboxylic acids is 1. The van der Waals surface area contributed by atoms with Crippen LogP contribution in [-0.2, 0) is 14.3 Å². The van der Waals surface area contributed by atoms with E-state index in [0.29, 0.717) is 12.8 Å². The Kier molecular flexibility index (Phi) is 4.15. The van der Waals surface area contributed by atoms with Gasteiger partial charge in [0.15, 0.2) is 0 Å². The number of hydrogen-bond acceptors (Lipinski definition) is 3. The first-order valence-corrected chi connectivity index (χ1v) is 7.68. The third kappa shape index (κ3) is 2.97. The summed E-state index contributed by atoms with van der Waals surface area (Å²) in [6.45, 7) is 0. The third-order valence-corrected chi connectivity index (χ3v) is 4.35. The van der Waals surface area contributed by atoms with E-state index in [1.165, 1.54) is 0 Å². The Labute approximate surface area is 134 Å². The Morgan fingerprint density at radius 2 is 1.39 bits per heavy atom. The van der Waals surface area contributed by atoms with E-state index < -0.39 is 23.5 Å². The zero-order chi connectivity index (χ0) is 16.3. The van der Waals surface area contributed by atoms with Crippen LogP contribution in [0.4, 0.5) is 0 Å². The second-order valence-electron chi connectivity index (χ2n) is 5.83. The van der Waals surface area contributed by atoms with Gasteiger partial charge in [-0.3, -0.25) is 4.79 Å². The molecule has 0 atom stereocenters. The summed E-state index contributed by atoms with van der Waals surface area (Å²) in [5.41, 5.74) is 0.242. The van der Waals surface area contributed by atoms with Gasteiger partial charge in [-0.25, -0.2) is 4.79 Å². The molecule has 0 aromatic heterocycles. The fraction of sp³-hybridized carbons (Fsp3) is 0.263. The van der Waals surface area contributed by atoms with Crippen LogP contribution in [0, 0.1) is 0 Å². The minimum Gasteiger partial charge on any atom is -0.478 e. The van der Waals surface area contributed by atoms with E-state index in [9.17, 15) is 14.7 Å². The molecule has 0 spiro atoms. The maximum absolute atomic E-state index is 12.8. The van der Waals surface area contributed by atoms with E-state index in [4.69, 9.17) is 4.74 Å². The highest BCUT2D eigenvalue weighted by atomic mass is 16.6. The maximum Gasteiger partial charge on any atom is 0.348 e. The molecule has 3 rings (SSSR count). The van der Waals surface area contributed by atoms with Crippen LogP contribution in [-0.4, -0.2) is 22.6 Å². The molecule has 2 aromatic rings. The van der Waals surface area contributed by atoms with Crippen LogP contribution in [0.15, 0.2) is 60.7 Å². The van der Waals surface area contributed by atoms with Gasteiger partial charge in [-0.2, -0.15) is 0 Å². The van der Waals surface area contributed by atoms with Gasteiger partial charge in [0.1, 0.15) is 5.92 Å². The lowest BCUT2D eigenvalue weighted by Crippen LogP contribution is -2.49. The summed E-state index contributed by atoms with van der Waals surface area (Å²) >= 11 is 0. The van der Waals surface area contributed by atoms with Crippen molar-refractivity contribution >= 4 is 11.9 Å². The molecule has 2 aromatic carbocycles. The standard InChI is InChI=1S/C19H18O4/c20-17(23-19(18(21)22)12-7-13-19)16(14-8-3-1-4-9-14)15-10-5-2-6-11-15/h1-6,8-11,16H,7,12-13H2,(H,21,22). The van der Waals surface area contributed by atoms with E-state index >= 15 is 0 Å². The van der Waals surface area contributed by atoms with Crippen molar-refractivity contribution in [3.05, 3.63) is 71.8 Å². The number of ether oxygens (including phenoxy) is 1. The van der Waals surface area contributed by atoms with Gasteiger partial charge in [0.25, 0.3) is 0 Å². The first kappa shape index (κ1) is 15.3. The number of rotatable bonds is 5. The van der Waals surface area contributed by atoms with Gasteiger partial charge in [-0.05, 0) is 30.4 Å². The van der Waals surface area contributed by atoms with Crippen molar-refractivity contribution in [3.8, 4) is 0 Å². The highest BCUT2D eigenvalue weighted by Crippen LogP contribution is 2.38. The minimum atomic E-state index is -1.35. The smallest absolute Gasteiger partial charge is 0.348 e. The Morgan fingerprint density at radius 1 is 0.913 bits per heavy atom. The molecule has 4 heteroatoms. The monoisotopic (exact) mass is 310 g/mol. The van der Waals surface area contributed by atoms with Crippen molar-refractivity contribution in [2.75, 3.05) is 0 Å². The molecule has 0 aliphatic heterocycles. The number of hydrogen-bond donors (Lipinski definition) is 1. The SMILES string of the molecule is O=C(OC1(C(=O)O)CCC1)C(c1ccccc1)c1ccccc1. The number of carbonyl (C=O) groups excluding carboxylic acids is 1. The number of carboxylic acid groups (broad SMARTS) is 1. The van der Waals surface area contributed by atoms with E-state index in [2.05, 4.69) is 0 Å². The molecule has 118 valence electrons. The second kappa shape index (κ2) is 6.24. The minimum absolute atomic E-state index is 0.379.